The van der Waals surface area contributed by atoms with E-state index in [9.17, 15) is 14.7 Å². The molecule has 0 aliphatic carbocycles. The molecule has 0 heterocycles. The number of aliphatic hydroxyl groups excluding tert-OH is 1. The van der Waals surface area contributed by atoms with Crippen LogP contribution in [-0.2, 0) is 14.3 Å². The number of aliphatic carboxylic acids is 1. The summed E-state index contributed by atoms with van der Waals surface area (Å²) in [6.45, 7) is 2.97. The number of aliphatic hydroxyl groups is 1. The normalized spacial score (nSPS) is 10.6. The molecule has 6 heteroatoms. The Labute approximate surface area is 74.8 Å². The average Bonchev–Trinajstić information content (AvgIpc) is 1.87. The summed E-state index contributed by atoms with van der Waals surface area (Å²) in [6.07, 6.45) is -1.49. The molecule has 0 amide bonds. The predicted molar refractivity (Wildman–Crippen MR) is 27.3 cm³/mol. The quantitative estimate of drug-likeness (QED) is 0.189. The number of rotatable bonds is 3. The first-order valence-electron chi connectivity index (χ1n) is 2.30. The number of hydrogen-bond donors (Lipinski definition) is 1. The molecule has 0 aliphatic rings. The molecule has 0 aromatic rings. The van der Waals surface area contributed by atoms with E-state index in [2.05, 4.69) is 11.3 Å². The van der Waals surface area contributed by atoms with Crippen molar-refractivity contribution in [1.82, 2.24) is 0 Å². The van der Waals surface area contributed by atoms with Crippen molar-refractivity contribution >= 4 is 11.9 Å². The molecule has 11 heavy (non-hydrogen) atoms. The maximum Gasteiger partial charge on any atom is 1.00 e. The van der Waals surface area contributed by atoms with Crippen molar-refractivity contribution in [1.29, 1.82) is 0 Å². The number of hydrogen-bond acceptors (Lipinski definition) is 5. The van der Waals surface area contributed by atoms with Crippen LogP contribution in [0.15, 0.2) is 12.7 Å². The molecule has 0 aromatic heterocycles. The minimum Gasteiger partial charge on any atom is -0.544 e. The Morgan fingerprint density at radius 1 is 1.64 bits per heavy atom. The number of carboxylic acids is 1. The fourth-order valence-electron chi connectivity index (χ4n) is 0.206. The summed E-state index contributed by atoms with van der Waals surface area (Å²) < 4.78 is 3.80. The van der Waals surface area contributed by atoms with Gasteiger partial charge in [0.25, 0.3) is 0 Å². The van der Waals surface area contributed by atoms with Gasteiger partial charge in [0.1, 0.15) is 5.97 Å². The van der Waals surface area contributed by atoms with Crippen LogP contribution in [0.2, 0.25) is 0 Å². The molecule has 0 aromatic carbocycles. The van der Waals surface area contributed by atoms with Crippen LogP contribution >= 0.6 is 0 Å². The first kappa shape index (κ1) is 12.9. The summed E-state index contributed by atoms with van der Waals surface area (Å²) in [5, 5.41) is 18.0. The van der Waals surface area contributed by atoms with E-state index in [0.29, 0.717) is 0 Å². The first-order chi connectivity index (χ1) is 4.57. The number of esters is 1. The standard InChI is InChI=1S/C5H6O5.Li/c1-2-3(6)10-5(9)4(7)8;/h2,5,9H,1H2,(H,7,8);/q;+1/p-1. The van der Waals surface area contributed by atoms with E-state index in [4.69, 9.17) is 5.11 Å². The molecule has 0 spiro atoms. The topological polar surface area (TPSA) is 86.7 Å². The third kappa shape index (κ3) is 5.67. The molecule has 5 nitrogen and oxygen atoms in total. The van der Waals surface area contributed by atoms with Crippen LogP contribution in [0.3, 0.4) is 0 Å². The first-order valence-corrected chi connectivity index (χ1v) is 2.30. The molecule has 0 fully saturated rings. The van der Waals surface area contributed by atoms with Gasteiger partial charge in [-0.15, -0.1) is 0 Å². The molecule has 1 unspecified atom stereocenters. The van der Waals surface area contributed by atoms with E-state index in [1.165, 1.54) is 0 Å². The van der Waals surface area contributed by atoms with Crippen molar-refractivity contribution < 1.29 is 43.4 Å². The molecule has 1 N–H and O–H groups in total. The summed E-state index contributed by atoms with van der Waals surface area (Å²) in [5.74, 6) is -2.88. The molecule has 0 aliphatic heterocycles. The van der Waals surface area contributed by atoms with Crippen LogP contribution in [-0.4, -0.2) is 23.3 Å². The monoisotopic (exact) mass is 152 g/mol. The molecular weight excluding hydrogens is 147 g/mol. The molecule has 0 rings (SSSR count). The number of carbonyl (C=O) groups excluding carboxylic acids is 2. The fraction of sp³-hybridized carbons (Fsp3) is 0.200. The van der Waals surface area contributed by atoms with Crippen LogP contribution in [0.25, 0.3) is 0 Å². The maximum atomic E-state index is 10.1. The smallest absolute Gasteiger partial charge is 0.544 e. The van der Waals surface area contributed by atoms with Gasteiger partial charge in [-0.2, -0.15) is 0 Å². The van der Waals surface area contributed by atoms with Crippen LogP contribution in [0.1, 0.15) is 0 Å². The zero-order valence-electron chi connectivity index (χ0n) is 5.94. The zero-order valence-corrected chi connectivity index (χ0v) is 5.94. The Morgan fingerprint density at radius 2 is 2.09 bits per heavy atom. The van der Waals surface area contributed by atoms with Crippen molar-refractivity contribution in [3.63, 3.8) is 0 Å². The van der Waals surface area contributed by atoms with E-state index in [1.54, 1.807) is 0 Å². The van der Waals surface area contributed by atoms with Crippen LogP contribution in [0.5, 0.6) is 0 Å². The summed E-state index contributed by atoms with van der Waals surface area (Å²) in [4.78, 5) is 19.8. The third-order valence-electron chi connectivity index (χ3n) is 0.596. The van der Waals surface area contributed by atoms with Gasteiger partial charge in [-0.05, 0) is 0 Å². The van der Waals surface area contributed by atoms with Crippen LogP contribution in [0, 0.1) is 0 Å². The van der Waals surface area contributed by atoms with Crippen molar-refractivity contribution in [2.24, 2.45) is 0 Å². The fourth-order valence-corrected chi connectivity index (χ4v) is 0.206. The van der Waals surface area contributed by atoms with Gasteiger partial charge in [0.2, 0.25) is 6.29 Å². The van der Waals surface area contributed by atoms with Crippen LogP contribution < -0.4 is 24.0 Å². The van der Waals surface area contributed by atoms with Crippen molar-refractivity contribution in [2.45, 2.75) is 6.29 Å². The van der Waals surface area contributed by atoms with Crippen molar-refractivity contribution in [3.05, 3.63) is 12.7 Å². The van der Waals surface area contributed by atoms with E-state index >= 15 is 0 Å². The maximum absolute atomic E-state index is 10.1. The molecular formula is C5H5LiO5. The Morgan fingerprint density at radius 3 is 2.36 bits per heavy atom. The SMILES string of the molecule is C=CC(=O)OC(O)C(=O)[O-].[Li+]. The Hall–Kier alpha value is -0.763. The van der Waals surface area contributed by atoms with Gasteiger partial charge >= 0.3 is 24.8 Å². The summed E-state index contributed by atoms with van der Waals surface area (Å²) in [6, 6.07) is 0. The third-order valence-corrected chi connectivity index (χ3v) is 0.596. The van der Waals surface area contributed by atoms with Gasteiger partial charge in [0, 0.05) is 6.08 Å². The number of ether oxygens (including phenoxy) is 1. The van der Waals surface area contributed by atoms with E-state index < -0.39 is 18.2 Å². The second kappa shape index (κ2) is 5.98. The van der Waals surface area contributed by atoms with Gasteiger partial charge in [-0.1, -0.05) is 6.58 Å². The minimum absolute atomic E-state index is 0. The molecule has 0 saturated heterocycles. The summed E-state index contributed by atoms with van der Waals surface area (Å²) in [7, 11) is 0. The Kier molecular flexibility index (Phi) is 7.00. The van der Waals surface area contributed by atoms with Gasteiger partial charge < -0.3 is 19.7 Å². The predicted octanol–water partition coefficient (Wildman–Crippen LogP) is -5.21. The Bertz CT molecular complexity index is 166. The van der Waals surface area contributed by atoms with Gasteiger partial charge in [0.15, 0.2) is 0 Å². The van der Waals surface area contributed by atoms with Crippen LogP contribution in [0.4, 0.5) is 0 Å². The Balaban J connectivity index is 0. The molecule has 56 valence electrons. The largest absolute Gasteiger partial charge is 1.00 e. The van der Waals surface area contributed by atoms with E-state index in [-0.39, 0.29) is 18.9 Å². The summed E-state index contributed by atoms with van der Waals surface area (Å²) >= 11 is 0. The minimum atomic E-state index is -2.22. The van der Waals surface area contributed by atoms with E-state index in [0.717, 1.165) is 6.08 Å². The van der Waals surface area contributed by atoms with Gasteiger partial charge in [0.05, 0.1) is 0 Å². The summed E-state index contributed by atoms with van der Waals surface area (Å²) in [5.41, 5.74) is 0. The van der Waals surface area contributed by atoms with Crippen molar-refractivity contribution in [2.75, 3.05) is 0 Å². The second-order valence-corrected chi connectivity index (χ2v) is 1.31. The molecule has 0 radical (unpaired) electrons. The zero-order chi connectivity index (χ0) is 8.15. The van der Waals surface area contributed by atoms with Gasteiger partial charge in [-0.3, -0.25) is 0 Å². The van der Waals surface area contributed by atoms with E-state index in [1.807, 2.05) is 0 Å². The number of carboxylic acid groups (broad SMARTS) is 1. The average molecular weight is 152 g/mol. The molecule has 0 saturated carbocycles. The van der Waals surface area contributed by atoms with Crippen molar-refractivity contribution in [3.8, 4) is 0 Å². The number of carbonyl (C=O) groups is 2. The molecule has 0 bridgehead atoms. The molecule has 1 atom stereocenters. The second-order valence-electron chi connectivity index (χ2n) is 1.31. The van der Waals surface area contributed by atoms with Gasteiger partial charge in [-0.25, -0.2) is 4.79 Å².